The van der Waals surface area contributed by atoms with Gasteiger partial charge in [-0.1, -0.05) is 18.2 Å². The highest BCUT2D eigenvalue weighted by atomic mass is 16.2. The summed E-state index contributed by atoms with van der Waals surface area (Å²) in [6, 6.07) is 18.8. The molecule has 1 N–H and O–H groups in total. The van der Waals surface area contributed by atoms with E-state index in [1.54, 1.807) is 30.5 Å². The zero-order valence-electron chi connectivity index (χ0n) is 15.7. The lowest BCUT2D eigenvalue weighted by molar-refractivity contribution is 0.0983. The van der Waals surface area contributed by atoms with E-state index in [9.17, 15) is 9.59 Å². The van der Waals surface area contributed by atoms with E-state index in [2.05, 4.69) is 16.4 Å². The van der Waals surface area contributed by atoms with Crippen molar-refractivity contribution in [3.63, 3.8) is 0 Å². The number of carbonyl (C=O) groups excluding carboxylic acids is 2. The monoisotopic (exact) mass is 371 g/mol. The normalized spacial score (nSPS) is 13.0. The first-order chi connectivity index (χ1) is 13.6. The van der Waals surface area contributed by atoms with E-state index < -0.39 is 0 Å². The van der Waals surface area contributed by atoms with Gasteiger partial charge in [-0.25, -0.2) is 4.98 Å². The third kappa shape index (κ3) is 3.64. The van der Waals surface area contributed by atoms with E-state index in [4.69, 9.17) is 0 Å². The molecule has 1 amide bonds. The Morgan fingerprint density at radius 1 is 1.00 bits per heavy atom. The van der Waals surface area contributed by atoms with Gasteiger partial charge in [0.05, 0.1) is 0 Å². The molecule has 0 saturated carbocycles. The topological polar surface area (TPSA) is 62.3 Å². The largest absolute Gasteiger partial charge is 0.340 e. The van der Waals surface area contributed by atoms with E-state index in [-0.39, 0.29) is 11.7 Å². The molecule has 0 atom stereocenters. The quantitative estimate of drug-likeness (QED) is 0.680. The number of Topliss-reactive ketones (excluding diaryl/α,β-unsaturated/α-hetero) is 1. The van der Waals surface area contributed by atoms with Crippen molar-refractivity contribution in [1.29, 1.82) is 0 Å². The van der Waals surface area contributed by atoms with Gasteiger partial charge in [-0.3, -0.25) is 9.59 Å². The van der Waals surface area contributed by atoms with E-state index in [1.807, 2.05) is 35.2 Å². The maximum atomic E-state index is 13.1. The molecule has 0 saturated heterocycles. The van der Waals surface area contributed by atoms with Crippen LogP contribution in [0, 0.1) is 0 Å². The molecule has 140 valence electrons. The first-order valence-electron chi connectivity index (χ1n) is 9.36. The Morgan fingerprint density at radius 2 is 1.79 bits per heavy atom. The average Bonchev–Trinajstić information content (AvgIpc) is 2.73. The van der Waals surface area contributed by atoms with Gasteiger partial charge in [0.1, 0.15) is 5.82 Å². The minimum Gasteiger partial charge on any atom is -0.340 e. The Kier molecular flexibility index (Phi) is 4.89. The van der Waals surface area contributed by atoms with Gasteiger partial charge in [0.2, 0.25) is 0 Å². The highest BCUT2D eigenvalue weighted by Gasteiger charge is 2.23. The summed E-state index contributed by atoms with van der Waals surface area (Å²) in [7, 11) is 0. The van der Waals surface area contributed by atoms with Crippen molar-refractivity contribution in [3.05, 3.63) is 83.6 Å². The number of amides is 1. The third-order valence-corrected chi connectivity index (χ3v) is 4.93. The van der Waals surface area contributed by atoms with Gasteiger partial charge in [-0.05, 0) is 67.8 Å². The van der Waals surface area contributed by atoms with Crippen LogP contribution in [0.25, 0.3) is 0 Å². The first-order valence-corrected chi connectivity index (χ1v) is 9.36. The summed E-state index contributed by atoms with van der Waals surface area (Å²) in [5.41, 5.74) is 4.26. The molecule has 2 heterocycles. The van der Waals surface area contributed by atoms with Crippen LogP contribution < -0.4 is 10.2 Å². The maximum Gasteiger partial charge on any atom is 0.258 e. The van der Waals surface area contributed by atoms with Crippen LogP contribution in [-0.4, -0.2) is 23.2 Å². The molecule has 5 heteroatoms. The lowest BCUT2D eigenvalue weighted by atomic mass is 10.0. The standard InChI is InChI=1S/C23H21N3O2/c1-16(27)17-8-10-20(11-9-17)25-22-15-19(12-13-24-22)23(28)26-14-4-6-18-5-2-3-7-21(18)26/h2-3,5,7-13,15H,4,6,14H2,1H3,(H,24,25). The summed E-state index contributed by atoms with van der Waals surface area (Å²) in [5.74, 6) is 0.593. The number of aryl methyl sites for hydroxylation is 1. The zero-order valence-corrected chi connectivity index (χ0v) is 15.7. The van der Waals surface area contributed by atoms with Gasteiger partial charge in [-0.2, -0.15) is 0 Å². The predicted molar refractivity (Wildman–Crippen MR) is 110 cm³/mol. The van der Waals surface area contributed by atoms with Gasteiger partial charge < -0.3 is 10.2 Å². The maximum absolute atomic E-state index is 13.1. The molecule has 28 heavy (non-hydrogen) atoms. The molecule has 0 bridgehead atoms. The van der Waals surface area contributed by atoms with Crippen molar-refractivity contribution in [2.45, 2.75) is 19.8 Å². The number of anilines is 3. The number of nitrogens with zero attached hydrogens (tertiary/aromatic N) is 2. The second-order valence-electron chi connectivity index (χ2n) is 6.88. The highest BCUT2D eigenvalue weighted by Crippen LogP contribution is 2.28. The number of aromatic nitrogens is 1. The fraction of sp³-hybridized carbons (Fsp3) is 0.174. The molecule has 0 aliphatic carbocycles. The molecule has 1 aliphatic heterocycles. The Balaban J connectivity index is 1.55. The number of fused-ring (bicyclic) bond motifs is 1. The first kappa shape index (κ1) is 17.9. The average molecular weight is 371 g/mol. The zero-order chi connectivity index (χ0) is 19.5. The summed E-state index contributed by atoms with van der Waals surface area (Å²) in [6.07, 6.45) is 3.59. The lowest BCUT2D eigenvalue weighted by Gasteiger charge is -2.29. The van der Waals surface area contributed by atoms with E-state index in [0.717, 1.165) is 24.2 Å². The Bertz CT molecular complexity index is 1030. The van der Waals surface area contributed by atoms with Crippen LogP contribution in [0.15, 0.2) is 66.9 Å². The molecule has 0 fully saturated rings. The molecule has 0 spiro atoms. The minimum absolute atomic E-state index is 0.0236. The summed E-state index contributed by atoms with van der Waals surface area (Å²) in [4.78, 5) is 30.7. The molecule has 1 aliphatic rings. The van der Waals surface area contributed by atoms with Crippen LogP contribution in [-0.2, 0) is 6.42 Å². The number of hydrogen-bond acceptors (Lipinski definition) is 4. The van der Waals surface area contributed by atoms with E-state index in [1.165, 1.54) is 12.5 Å². The fourth-order valence-electron chi connectivity index (χ4n) is 3.47. The third-order valence-electron chi connectivity index (χ3n) is 4.93. The highest BCUT2D eigenvalue weighted by molar-refractivity contribution is 6.07. The van der Waals surface area contributed by atoms with Crippen LogP contribution >= 0.6 is 0 Å². The molecule has 1 aromatic heterocycles. The van der Waals surface area contributed by atoms with Gasteiger partial charge in [0.15, 0.2) is 5.78 Å². The van der Waals surface area contributed by atoms with Crippen LogP contribution in [0.3, 0.4) is 0 Å². The van der Waals surface area contributed by atoms with Crippen LogP contribution in [0.2, 0.25) is 0 Å². The molecule has 0 unspecified atom stereocenters. The van der Waals surface area contributed by atoms with Crippen molar-refractivity contribution < 1.29 is 9.59 Å². The van der Waals surface area contributed by atoms with Crippen molar-refractivity contribution in [3.8, 4) is 0 Å². The number of carbonyl (C=O) groups is 2. The molecular formula is C23H21N3O2. The van der Waals surface area contributed by atoms with Gasteiger partial charge in [-0.15, -0.1) is 0 Å². The van der Waals surface area contributed by atoms with Gasteiger partial charge in [0, 0.05) is 35.2 Å². The summed E-state index contributed by atoms with van der Waals surface area (Å²) in [5, 5.41) is 3.19. The fourth-order valence-corrected chi connectivity index (χ4v) is 3.47. The number of para-hydroxylation sites is 1. The molecule has 0 radical (unpaired) electrons. The lowest BCUT2D eigenvalue weighted by Crippen LogP contribution is -2.35. The van der Waals surface area contributed by atoms with Crippen LogP contribution in [0.5, 0.6) is 0 Å². The number of benzene rings is 2. The Labute approximate surface area is 164 Å². The second-order valence-corrected chi connectivity index (χ2v) is 6.88. The van der Waals surface area contributed by atoms with E-state index in [0.29, 0.717) is 23.5 Å². The summed E-state index contributed by atoms with van der Waals surface area (Å²) >= 11 is 0. The number of ketones is 1. The van der Waals surface area contributed by atoms with Crippen LogP contribution in [0.1, 0.15) is 39.6 Å². The summed E-state index contributed by atoms with van der Waals surface area (Å²) in [6.45, 7) is 2.26. The number of hydrogen-bond donors (Lipinski definition) is 1. The number of rotatable bonds is 4. The Morgan fingerprint density at radius 3 is 2.57 bits per heavy atom. The van der Waals surface area contributed by atoms with Crippen molar-refractivity contribution in [2.75, 3.05) is 16.8 Å². The summed E-state index contributed by atoms with van der Waals surface area (Å²) < 4.78 is 0. The smallest absolute Gasteiger partial charge is 0.258 e. The molecule has 4 rings (SSSR count). The van der Waals surface area contributed by atoms with Gasteiger partial charge in [0.25, 0.3) is 5.91 Å². The SMILES string of the molecule is CC(=O)c1ccc(Nc2cc(C(=O)N3CCCc4ccccc43)ccn2)cc1. The Hall–Kier alpha value is -3.47. The van der Waals surface area contributed by atoms with Crippen molar-refractivity contribution in [1.82, 2.24) is 4.98 Å². The predicted octanol–water partition coefficient (Wildman–Crippen LogP) is 4.62. The number of nitrogens with one attached hydrogen (secondary N) is 1. The molecule has 5 nitrogen and oxygen atoms in total. The molecular weight excluding hydrogens is 350 g/mol. The molecule has 3 aromatic rings. The minimum atomic E-state index is -0.0236. The van der Waals surface area contributed by atoms with Gasteiger partial charge >= 0.3 is 0 Å². The number of pyridine rings is 1. The second kappa shape index (κ2) is 7.64. The van der Waals surface area contributed by atoms with E-state index >= 15 is 0 Å². The molecule has 2 aromatic carbocycles. The van der Waals surface area contributed by atoms with Crippen LogP contribution in [0.4, 0.5) is 17.2 Å². The van der Waals surface area contributed by atoms with Crippen molar-refractivity contribution >= 4 is 28.9 Å². The van der Waals surface area contributed by atoms with Crippen molar-refractivity contribution in [2.24, 2.45) is 0 Å².